The van der Waals surface area contributed by atoms with Crippen LogP contribution in [0, 0.1) is 0 Å². The maximum absolute atomic E-state index is 9.42. The van der Waals surface area contributed by atoms with Crippen molar-refractivity contribution in [3.8, 4) is 0 Å². The van der Waals surface area contributed by atoms with E-state index in [0.29, 0.717) is 6.42 Å². The monoisotopic (exact) mass is 179 g/mol. The highest BCUT2D eigenvalue weighted by Crippen LogP contribution is 2.13. The van der Waals surface area contributed by atoms with Crippen LogP contribution in [0.15, 0.2) is 30.3 Å². The highest BCUT2D eigenvalue weighted by molar-refractivity contribution is 5.17. The van der Waals surface area contributed by atoms with Crippen LogP contribution in [0.2, 0.25) is 0 Å². The summed E-state index contributed by atoms with van der Waals surface area (Å²) in [5.41, 5.74) is 6.56. The van der Waals surface area contributed by atoms with E-state index < -0.39 is 11.6 Å². The second kappa shape index (κ2) is 3.90. The fourth-order valence-electron chi connectivity index (χ4n) is 1.18. The maximum atomic E-state index is 9.42. The number of aliphatic hydroxyl groups excluding tert-OH is 1. The first-order valence-electron chi connectivity index (χ1n) is 4.53. The third-order valence-electron chi connectivity index (χ3n) is 2.38. The number of hydrogen-bond acceptors (Lipinski definition) is 2. The molecule has 0 heterocycles. The lowest BCUT2D eigenvalue weighted by Gasteiger charge is -2.27. The Morgan fingerprint density at radius 2 is 1.92 bits per heavy atom. The molecule has 0 spiro atoms. The summed E-state index contributed by atoms with van der Waals surface area (Å²) in [6.07, 6.45) is 0.207. The van der Waals surface area contributed by atoms with Crippen LogP contribution in [0.25, 0.3) is 0 Å². The van der Waals surface area contributed by atoms with Gasteiger partial charge in [-0.1, -0.05) is 30.3 Å². The molecule has 2 atom stereocenters. The van der Waals surface area contributed by atoms with Crippen molar-refractivity contribution in [2.24, 2.45) is 5.73 Å². The van der Waals surface area contributed by atoms with E-state index in [1.165, 1.54) is 0 Å². The molecule has 1 aromatic carbocycles. The van der Waals surface area contributed by atoms with Crippen LogP contribution in [-0.4, -0.2) is 16.7 Å². The number of aliphatic hydroxyl groups is 1. The Labute approximate surface area is 79.4 Å². The Kier molecular flexibility index (Phi) is 3.07. The van der Waals surface area contributed by atoms with Gasteiger partial charge in [0.2, 0.25) is 0 Å². The Balaban J connectivity index is 2.69. The number of benzene rings is 1. The second-order valence-electron chi connectivity index (χ2n) is 3.84. The van der Waals surface area contributed by atoms with Crippen molar-refractivity contribution in [2.45, 2.75) is 31.9 Å². The molecule has 2 unspecified atom stereocenters. The minimum atomic E-state index is -0.540. The molecule has 2 heteroatoms. The molecule has 1 rings (SSSR count). The van der Waals surface area contributed by atoms with E-state index in [9.17, 15) is 5.11 Å². The van der Waals surface area contributed by atoms with Crippen molar-refractivity contribution in [2.75, 3.05) is 0 Å². The van der Waals surface area contributed by atoms with Crippen LogP contribution >= 0.6 is 0 Å². The van der Waals surface area contributed by atoms with E-state index in [1.807, 2.05) is 37.3 Å². The van der Waals surface area contributed by atoms with E-state index in [0.717, 1.165) is 5.56 Å². The van der Waals surface area contributed by atoms with Crippen molar-refractivity contribution in [3.05, 3.63) is 35.9 Å². The Morgan fingerprint density at radius 1 is 1.38 bits per heavy atom. The zero-order valence-electron chi connectivity index (χ0n) is 8.20. The Hall–Kier alpha value is -0.860. The van der Waals surface area contributed by atoms with Gasteiger partial charge in [0.25, 0.3) is 0 Å². The van der Waals surface area contributed by atoms with Gasteiger partial charge in [0.15, 0.2) is 0 Å². The highest BCUT2D eigenvalue weighted by Gasteiger charge is 2.24. The fourth-order valence-corrected chi connectivity index (χ4v) is 1.18. The molecule has 0 aliphatic rings. The standard InChI is InChI=1S/C11H17NO/c1-9(13)11(2,12)8-10-6-4-3-5-7-10/h3-7,9,13H,8,12H2,1-2H3. The summed E-state index contributed by atoms with van der Waals surface area (Å²) in [4.78, 5) is 0. The van der Waals surface area contributed by atoms with E-state index in [-0.39, 0.29) is 0 Å². The smallest absolute Gasteiger partial charge is 0.0692 e. The number of nitrogens with two attached hydrogens (primary N) is 1. The average Bonchev–Trinajstić information content (AvgIpc) is 2.05. The molecule has 1 aromatic rings. The zero-order chi connectivity index (χ0) is 9.90. The van der Waals surface area contributed by atoms with E-state index in [4.69, 9.17) is 5.73 Å². The normalized spacial score (nSPS) is 17.8. The lowest BCUT2D eigenvalue weighted by Crippen LogP contribution is -2.48. The summed E-state index contributed by atoms with van der Waals surface area (Å²) >= 11 is 0. The van der Waals surface area contributed by atoms with Gasteiger partial charge in [0.05, 0.1) is 6.10 Å². The largest absolute Gasteiger partial charge is 0.392 e. The number of hydrogen-bond donors (Lipinski definition) is 2. The zero-order valence-corrected chi connectivity index (χ0v) is 8.20. The predicted molar refractivity (Wildman–Crippen MR) is 54.4 cm³/mol. The summed E-state index contributed by atoms with van der Waals surface area (Å²) in [6, 6.07) is 9.97. The third kappa shape index (κ3) is 2.83. The highest BCUT2D eigenvalue weighted by atomic mass is 16.3. The van der Waals surface area contributed by atoms with Gasteiger partial charge in [-0.3, -0.25) is 0 Å². The predicted octanol–water partition coefficient (Wildman–Crippen LogP) is 1.33. The molecule has 0 aromatic heterocycles. The van der Waals surface area contributed by atoms with Crippen LogP contribution in [0.3, 0.4) is 0 Å². The van der Waals surface area contributed by atoms with Crippen LogP contribution in [0.5, 0.6) is 0 Å². The van der Waals surface area contributed by atoms with Crippen molar-refractivity contribution < 1.29 is 5.11 Å². The quantitative estimate of drug-likeness (QED) is 0.735. The molecule has 0 bridgehead atoms. The van der Waals surface area contributed by atoms with Gasteiger partial charge in [-0.2, -0.15) is 0 Å². The lowest BCUT2D eigenvalue weighted by atomic mass is 9.89. The summed E-state index contributed by atoms with van der Waals surface area (Å²) in [5.74, 6) is 0. The van der Waals surface area contributed by atoms with E-state index in [1.54, 1.807) is 6.92 Å². The first-order valence-corrected chi connectivity index (χ1v) is 4.53. The second-order valence-corrected chi connectivity index (χ2v) is 3.84. The minimum absolute atomic E-state index is 0.493. The molecular formula is C11H17NO. The molecule has 2 nitrogen and oxygen atoms in total. The van der Waals surface area contributed by atoms with Crippen molar-refractivity contribution >= 4 is 0 Å². The van der Waals surface area contributed by atoms with Gasteiger partial charge in [0, 0.05) is 5.54 Å². The molecule has 0 amide bonds. The van der Waals surface area contributed by atoms with Gasteiger partial charge in [-0.25, -0.2) is 0 Å². The fraction of sp³-hybridized carbons (Fsp3) is 0.455. The lowest BCUT2D eigenvalue weighted by molar-refractivity contribution is 0.111. The van der Waals surface area contributed by atoms with E-state index >= 15 is 0 Å². The summed E-state index contributed by atoms with van der Waals surface area (Å²) in [6.45, 7) is 3.59. The van der Waals surface area contributed by atoms with Crippen molar-refractivity contribution in [3.63, 3.8) is 0 Å². The summed E-state index contributed by atoms with van der Waals surface area (Å²) in [5, 5.41) is 9.42. The van der Waals surface area contributed by atoms with Crippen LogP contribution in [-0.2, 0) is 6.42 Å². The first kappa shape index (κ1) is 10.2. The molecule has 0 aliphatic carbocycles. The van der Waals surface area contributed by atoms with Gasteiger partial charge < -0.3 is 10.8 Å². The summed E-state index contributed by atoms with van der Waals surface area (Å²) < 4.78 is 0. The van der Waals surface area contributed by atoms with Crippen LogP contribution in [0.1, 0.15) is 19.4 Å². The van der Waals surface area contributed by atoms with Gasteiger partial charge >= 0.3 is 0 Å². The minimum Gasteiger partial charge on any atom is -0.392 e. The average molecular weight is 179 g/mol. The molecule has 0 saturated heterocycles. The molecule has 0 aliphatic heterocycles. The van der Waals surface area contributed by atoms with Gasteiger partial charge in [0.1, 0.15) is 0 Å². The molecule has 3 N–H and O–H groups in total. The van der Waals surface area contributed by atoms with Crippen molar-refractivity contribution in [1.82, 2.24) is 0 Å². The first-order chi connectivity index (χ1) is 6.02. The maximum Gasteiger partial charge on any atom is 0.0692 e. The van der Waals surface area contributed by atoms with Crippen LogP contribution < -0.4 is 5.73 Å². The molecule has 0 saturated carbocycles. The van der Waals surface area contributed by atoms with Gasteiger partial charge in [-0.15, -0.1) is 0 Å². The SMILES string of the molecule is CC(O)C(C)(N)Cc1ccccc1. The Morgan fingerprint density at radius 3 is 2.38 bits per heavy atom. The third-order valence-corrected chi connectivity index (χ3v) is 2.38. The summed E-state index contributed by atoms with van der Waals surface area (Å²) in [7, 11) is 0. The number of rotatable bonds is 3. The van der Waals surface area contributed by atoms with Crippen molar-refractivity contribution in [1.29, 1.82) is 0 Å². The van der Waals surface area contributed by atoms with E-state index in [2.05, 4.69) is 0 Å². The molecule has 0 fully saturated rings. The topological polar surface area (TPSA) is 46.2 Å². The Bertz CT molecular complexity index is 254. The molecule has 13 heavy (non-hydrogen) atoms. The molecule has 72 valence electrons. The molecular weight excluding hydrogens is 162 g/mol. The van der Waals surface area contributed by atoms with Crippen LogP contribution in [0.4, 0.5) is 0 Å². The molecule has 0 radical (unpaired) electrons. The van der Waals surface area contributed by atoms with Gasteiger partial charge in [-0.05, 0) is 25.8 Å².